The molecule has 0 amide bonds. The Kier molecular flexibility index (Phi) is 2.23. The van der Waals surface area contributed by atoms with E-state index >= 15 is 0 Å². The maximum atomic E-state index is 11.0. The molecule has 0 spiro atoms. The van der Waals surface area contributed by atoms with Crippen LogP contribution in [0.1, 0.15) is 24.2 Å². The van der Waals surface area contributed by atoms with Gasteiger partial charge in [-0.15, -0.1) is 0 Å². The molecule has 15 heavy (non-hydrogen) atoms. The number of carboxylic acid groups (broad SMARTS) is 1. The van der Waals surface area contributed by atoms with Crippen LogP contribution in [0.4, 0.5) is 0 Å². The quantitative estimate of drug-likeness (QED) is 0.818. The van der Waals surface area contributed by atoms with Crippen LogP contribution in [0.2, 0.25) is 0 Å². The number of aryl methyl sites for hydroxylation is 1. The SMILES string of the molecule is Cc1oc2ccccc2c1C(C)C(=O)O. The average Bonchev–Trinajstić information content (AvgIpc) is 2.52. The van der Waals surface area contributed by atoms with Crippen molar-refractivity contribution >= 4 is 16.9 Å². The van der Waals surface area contributed by atoms with Gasteiger partial charge in [0.05, 0.1) is 5.92 Å². The van der Waals surface area contributed by atoms with Gasteiger partial charge in [0.25, 0.3) is 0 Å². The summed E-state index contributed by atoms with van der Waals surface area (Å²) in [6.45, 7) is 3.47. The number of fused-ring (bicyclic) bond motifs is 1. The molecule has 0 aliphatic carbocycles. The Balaban J connectivity index is 2.68. The Labute approximate surface area is 87.3 Å². The predicted octanol–water partition coefficient (Wildman–Crippen LogP) is 2.93. The lowest BCUT2D eigenvalue weighted by Gasteiger charge is -2.04. The fourth-order valence-corrected chi connectivity index (χ4v) is 1.85. The van der Waals surface area contributed by atoms with Crippen LogP contribution < -0.4 is 0 Å². The molecule has 78 valence electrons. The normalized spacial score (nSPS) is 12.9. The Hall–Kier alpha value is -1.77. The zero-order valence-electron chi connectivity index (χ0n) is 8.65. The third-order valence-electron chi connectivity index (χ3n) is 2.62. The first-order valence-corrected chi connectivity index (χ1v) is 4.82. The van der Waals surface area contributed by atoms with Crippen molar-refractivity contribution < 1.29 is 14.3 Å². The van der Waals surface area contributed by atoms with Gasteiger partial charge in [0.2, 0.25) is 0 Å². The topological polar surface area (TPSA) is 50.4 Å². The fourth-order valence-electron chi connectivity index (χ4n) is 1.85. The van der Waals surface area contributed by atoms with Crippen molar-refractivity contribution in [2.24, 2.45) is 0 Å². The number of rotatable bonds is 2. The van der Waals surface area contributed by atoms with Crippen molar-refractivity contribution in [1.82, 2.24) is 0 Å². The van der Waals surface area contributed by atoms with Crippen molar-refractivity contribution in [1.29, 1.82) is 0 Å². The van der Waals surface area contributed by atoms with Crippen molar-refractivity contribution in [2.75, 3.05) is 0 Å². The van der Waals surface area contributed by atoms with E-state index in [0.717, 1.165) is 16.5 Å². The van der Waals surface area contributed by atoms with Crippen LogP contribution in [0.25, 0.3) is 11.0 Å². The van der Waals surface area contributed by atoms with Crippen LogP contribution in [0.5, 0.6) is 0 Å². The minimum absolute atomic E-state index is 0.534. The molecule has 0 aliphatic rings. The zero-order chi connectivity index (χ0) is 11.0. The Morgan fingerprint density at radius 2 is 2.07 bits per heavy atom. The molecule has 1 unspecified atom stereocenters. The van der Waals surface area contributed by atoms with E-state index in [0.29, 0.717) is 5.76 Å². The predicted molar refractivity (Wildman–Crippen MR) is 57.0 cm³/mol. The minimum atomic E-state index is -0.829. The molecule has 2 aromatic rings. The lowest BCUT2D eigenvalue weighted by molar-refractivity contribution is -0.138. The summed E-state index contributed by atoms with van der Waals surface area (Å²) in [5.41, 5.74) is 1.52. The summed E-state index contributed by atoms with van der Waals surface area (Å²) >= 11 is 0. The highest BCUT2D eigenvalue weighted by Gasteiger charge is 2.21. The number of hydrogen-bond donors (Lipinski definition) is 1. The van der Waals surface area contributed by atoms with Crippen LogP contribution >= 0.6 is 0 Å². The molecule has 1 aromatic heterocycles. The molecular formula is C12H12O3. The summed E-state index contributed by atoms with van der Waals surface area (Å²) in [5.74, 6) is -0.676. The number of aliphatic carboxylic acids is 1. The molecule has 1 N–H and O–H groups in total. The Bertz CT molecular complexity index is 511. The molecule has 0 saturated carbocycles. The maximum absolute atomic E-state index is 11.0. The van der Waals surface area contributed by atoms with Crippen LogP contribution in [-0.2, 0) is 4.79 Å². The van der Waals surface area contributed by atoms with Gasteiger partial charge in [-0.05, 0) is 19.9 Å². The molecule has 3 nitrogen and oxygen atoms in total. The van der Waals surface area contributed by atoms with Crippen LogP contribution in [0.3, 0.4) is 0 Å². The number of para-hydroxylation sites is 1. The molecule has 2 rings (SSSR count). The van der Waals surface area contributed by atoms with Gasteiger partial charge in [0.15, 0.2) is 0 Å². The van der Waals surface area contributed by atoms with Crippen molar-refractivity contribution in [3.63, 3.8) is 0 Å². The second kappa shape index (κ2) is 3.42. The van der Waals surface area contributed by atoms with E-state index in [-0.39, 0.29) is 0 Å². The Morgan fingerprint density at radius 3 is 2.73 bits per heavy atom. The molecule has 0 aliphatic heterocycles. The molecule has 0 radical (unpaired) electrons. The fraction of sp³-hybridized carbons (Fsp3) is 0.250. The van der Waals surface area contributed by atoms with E-state index in [9.17, 15) is 4.79 Å². The van der Waals surface area contributed by atoms with Gasteiger partial charge in [0, 0.05) is 10.9 Å². The summed E-state index contributed by atoms with van der Waals surface area (Å²) in [6, 6.07) is 7.50. The van der Waals surface area contributed by atoms with Gasteiger partial charge < -0.3 is 9.52 Å². The van der Waals surface area contributed by atoms with Crippen molar-refractivity contribution in [2.45, 2.75) is 19.8 Å². The number of benzene rings is 1. The maximum Gasteiger partial charge on any atom is 0.310 e. The number of carbonyl (C=O) groups is 1. The standard InChI is InChI=1S/C12H12O3/c1-7(12(13)14)11-8(2)15-10-6-4-3-5-9(10)11/h3-7H,1-2H3,(H,13,14). The zero-order valence-corrected chi connectivity index (χ0v) is 8.65. The molecular weight excluding hydrogens is 192 g/mol. The monoisotopic (exact) mass is 204 g/mol. The van der Waals surface area contributed by atoms with E-state index in [1.165, 1.54) is 0 Å². The summed E-state index contributed by atoms with van der Waals surface area (Å²) in [6.07, 6.45) is 0. The van der Waals surface area contributed by atoms with Gasteiger partial charge in [-0.1, -0.05) is 18.2 Å². The molecule has 3 heteroatoms. The first kappa shape index (κ1) is 9.77. The first-order valence-electron chi connectivity index (χ1n) is 4.82. The van der Waals surface area contributed by atoms with Gasteiger partial charge in [-0.3, -0.25) is 4.79 Å². The molecule has 0 bridgehead atoms. The minimum Gasteiger partial charge on any atom is -0.481 e. The van der Waals surface area contributed by atoms with Crippen LogP contribution in [0, 0.1) is 6.92 Å². The molecule has 1 aromatic carbocycles. The van der Waals surface area contributed by atoms with E-state index in [1.807, 2.05) is 24.3 Å². The lowest BCUT2D eigenvalue weighted by atomic mass is 9.98. The highest BCUT2D eigenvalue weighted by Crippen LogP contribution is 2.31. The number of furan rings is 1. The summed E-state index contributed by atoms with van der Waals surface area (Å²) in [4.78, 5) is 11.0. The van der Waals surface area contributed by atoms with Crippen molar-refractivity contribution in [3.05, 3.63) is 35.6 Å². The molecule has 1 heterocycles. The largest absolute Gasteiger partial charge is 0.481 e. The van der Waals surface area contributed by atoms with Gasteiger partial charge in [-0.2, -0.15) is 0 Å². The van der Waals surface area contributed by atoms with Crippen LogP contribution in [-0.4, -0.2) is 11.1 Å². The second-order valence-electron chi connectivity index (χ2n) is 3.63. The van der Waals surface area contributed by atoms with Crippen molar-refractivity contribution in [3.8, 4) is 0 Å². The van der Waals surface area contributed by atoms with Crippen LogP contribution in [0.15, 0.2) is 28.7 Å². The number of hydrogen-bond acceptors (Lipinski definition) is 2. The Morgan fingerprint density at radius 1 is 1.40 bits per heavy atom. The lowest BCUT2D eigenvalue weighted by Crippen LogP contribution is -2.07. The average molecular weight is 204 g/mol. The molecule has 0 saturated heterocycles. The smallest absolute Gasteiger partial charge is 0.310 e. The van der Waals surface area contributed by atoms with Gasteiger partial charge >= 0.3 is 5.97 Å². The highest BCUT2D eigenvalue weighted by molar-refractivity contribution is 5.88. The summed E-state index contributed by atoms with van der Waals surface area (Å²) < 4.78 is 5.51. The van der Waals surface area contributed by atoms with E-state index in [2.05, 4.69) is 0 Å². The molecule has 1 atom stereocenters. The third kappa shape index (κ3) is 1.50. The van der Waals surface area contributed by atoms with E-state index in [4.69, 9.17) is 9.52 Å². The molecule has 0 fully saturated rings. The highest BCUT2D eigenvalue weighted by atomic mass is 16.4. The van der Waals surface area contributed by atoms with E-state index in [1.54, 1.807) is 13.8 Å². The summed E-state index contributed by atoms with van der Waals surface area (Å²) in [5, 5.41) is 9.89. The first-order chi connectivity index (χ1) is 7.11. The van der Waals surface area contributed by atoms with Gasteiger partial charge in [0.1, 0.15) is 11.3 Å². The van der Waals surface area contributed by atoms with E-state index < -0.39 is 11.9 Å². The third-order valence-corrected chi connectivity index (χ3v) is 2.62. The second-order valence-corrected chi connectivity index (χ2v) is 3.63. The number of carboxylic acids is 1. The summed E-state index contributed by atoms with van der Waals surface area (Å²) in [7, 11) is 0. The van der Waals surface area contributed by atoms with Gasteiger partial charge in [-0.25, -0.2) is 0 Å².